The van der Waals surface area contributed by atoms with Crippen molar-refractivity contribution in [2.75, 3.05) is 5.32 Å². The van der Waals surface area contributed by atoms with Crippen LogP contribution in [-0.4, -0.2) is 10.8 Å². The molecular weight excluding hydrogens is 490 g/mol. The number of rotatable bonds is 3. The summed E-state index contributed by atoms with van der Waals surface area (Å²) in [6.07, 6.45) is 8.63. The van der Waals surface area contributed by atoms with Crippen molar-refractivity contribution in [1.82, 2.24) is 4.98 Å². The van der Waals surface area contributed by atoms with Crippen molar-refractivity contribution in [3.8, 4) is 6.07 Å². The summed E-state index contributed by atoms with van der Waals surface area (Å²) in [6, 6.07) is 32.9. The van der Waals surface area contributed by atoms with E-state index in [1.807, 2.05) is 36.4 Å². The topological polar surface area (TPSA) is 65.8 Å². The molecule has 0 spiro atoms. The van der Waals surface area contributed by atoms with Gasteiger partial charge in [0.25, 0.3) is 0 Å². The number of anilines is 1. The van der Waals surface area contributed by atoms with Gasteiger partial charge in [-0.25, -0.2) is 0 Å². The Labute approximate surface area is 234 Å². The number of benzene rings is 4. The Morgan fingerprint density at radius 2 is 1.75 bits per heavy atom. The van der Waals surface area contributed by atoms with Crippen LogP contribution in [0.1, 0.15) is 59.3 Å². The summed E-state index contributed by atoms with van der Waals surface area (Å²) in [5.74, 6) is 0.257. The van der Waals surface area contributed by atoms with Gasteiger partial charge in [0, 0.05) is 35.3 Å². The summed E-state index contributed by atoms with van der Waals surface area (Å²) in [4.78, 5) is 17.1. The zero-order valence-electron chi connectivity index (χ0n) is 22.4. The lowest BCUT2D eigenvalue weighted by molar-refractivity contribution is 0.0991. The van der Waals surface area contributed by atoms with Crippen molar-refractivity contribution in [3.05, 3.63) is 137 Å². The molecule has 1 unspecified atom stereocenters. The van der Waals surface area contributed by atoms with Crippen molar-refractivity contribution in [2.45, 2.75) is 32.2 Å². The maximum Gasteiger partial charge on any atom is 0.168 e. The number of pyridine rings is 1. The number of carbonyl (C=O) groups is 1. The maximum absolute atomic E-state index is 12.9. The number of aromatic nitrogens is 1. The number of Topliss-reactive ketones (excluding diaryl/α,β-unsaturated/α-hetero) is 1. The van der Waals surface area contributed by atoms with Crippen LogP contribution < -0.4 is 5.32 Å². The first-order chi connectivity index (χ1) is 19.6. The Kier molecular flexibility index (Phi) is 6.95. The summed E-state index contributed by atoms with van der Waals surface area (Å²) < 4.78 is 0. The smallest absolute Gasteiger partial charge is 0.168 e. The Bertz CT molecular complexity index is 1840. The Morgan fingerprint density at radius 3 is 2.60 bits per heavy atom. The van der Waals surface area contributed by atoms with Gasteiger partial charge in [-0.1, -0.05) is 84.5 Å². The fourth-order valence-electron chi connectivity index (χ4n) is 5.61. The minimum Gasteiger partial charge on any atom is -0.379 e. The lowest BCUT2D eigenvalue weighted by atomic mass is 9.79. The highest BCUT2D eigenvalue weighted by Crippen LogP contribution is 2.40. The number of nitrogens with one attached hydrogen (secondary N) is 1. The second-order valence-corrected chi connectivity index (χ2v) is 10.3. The third-order valence-electron chi connectivity index (χ3n) is 7.64. The number of fused-ring (bicyclic) bond motifs is 5. The monoisotopic (exact) mass is 519 g/mol. The van der Waals surface area contributed by atoms with Crippen LogP contribution in [-0.2, 0) is 0 Å². The zero-order valence-corrected chi connectivity index (χ0v) is 22.4. The fourth-order valence-corrected chi connectivity index (χ4v) is 5.61. The quantitative estimate of drug-likeness (QED) is 0.259. The summed E-state index contributed by atoms with van der Waals surface area (Å²) in [6.45, 7) is 2.17. The first-order valence-electron chi connectivity index (χ1n) is 13.7. The molecule has 4 aromatic carbocycles. The largest absolute Gasteiger partial charge is 0.379 e. The highest BCUT2D eigenvalue weighted by atomic mass is 16.1. The number of carbonyl (C=O) groups excluding carboxylic acids is 1. The zero-order chi connectivity index (χ0) is 27.5. The van der Waals surface area contributed by atoms with Crippen LogP contribution in [0, 0.1) is 11.3 Å². The molecule has 4 heteroatoms. The highest BCUT2D eigenvalue weighted by Gasteiger charge is 2.26. The lowest BCUT2D eigenvalue weighted by Gasteiger charge is -2.24. The number of hydrogen-bond donors (Lipinski definition) is 1. The number of nitrogens with zero attached hydrogens (tertiary/aromatic N) is 2. The molecule has 0 saturated heterocycles. The molecule has 1 heterocycles. The molecule has 0 amide bonds. The predicted molar refractivity (Wildman–Crippen MR) is 163 cm³/mol. The van der Waals surface area contributed by atoms with E-state index >= 15 is 0 Å². The minimum absolute atomic E-state index is 0.220. The first kappa shape index (κ1) is 25.3. The highest BCUT2D eigenvalue weighted by molar-refractivity contribution is 6.16. The van der Waals surface area contributed by atoms with Gasteiger partial charge in [0.1, 0.15) is 6.07 Å². The number of allylic oxidation sites excluding steroid dienone is 4. The first-order valence-corrected chi connectivity index (χ1v) is 13.7. The molecule has 5 aromatic rings. The summed E-state index contributed by atoms with van der Waals surface area (Å²) >= 11 is 0. The van der Waals surface area contributed by atoms with Gasteiger partial charge in [-0.15, -0.1) is 0 Å². The lowest BCUT2D eigenvalue weighted by Crippen LogP contribution is -2.14. The van der Waals surface area contributed by atoms with E-state index < -0.39 is 0 Å². The average molecular weight is 520 g/mol. The maximum atomic E-state index is 12.9. The van der Waals surface area contributed by atoms with Gasteiger partial charge in [0.2, 0.25) is 0 Å². The van der Waals surface area contributed by atoms with E-state index in [9.17, 15) is 4.79 Å². The molecule has 194 valence electrons. The second kappa shape index (κ2) is 11.0. The van der Waals surface area contributed by atoms with E-state index in [0.29, 0.717) is 12.0 Å². The van der Waals surface area contributed by atoms with Crippen LogP contribution in [0.2, 0.25) is 0 Å². The van der Waals surface area contributed by atoms with Crippen LogP contribution in [0.15, 0.2) is 115 Å². The van der Waals surface area contributed by atoms with E-state index in [-0.39, 0.29) is 11.8 Å². The Morgan fingerprint density at radius 1 is 0.925 bits per heavy atom. The molecule has 0 bridgehead atoms. The molecule has 7 rings (SSSR count). The second-order valence-electron chi connectivity index (χ2n) is 10.3. The Balaban J connectivity index is 0.000000201. The standard InChI is InChI=1S/C26H23NO.C10H6N2/c1-17(18-7-3-2-4-8-18)27-21-12-14-23-20(15-21)11-13-24-22-10-6-5-9-19(22)16-25(28)26(23)24;11-6-8-5-9-3-1-2-4-10(9)12-7-8/h2-4,6-8,10-15,17,27H,5,9,16H2,1H3;1-5,7H. The van der Waals surface area contributed by atoms with Gasteiger partial charge in [-0.3, -0.25) is 9.78 Å². The normalized spacial score (nSPS) is 14.6. The summed E-state index contributed by atoms with van der Waals surface area (Å²) in [5, 5.41) is 15.4. The van der Waals surface area contributed by atoms with E-state index in [1.165, 1.54) is 16.7 Å². The molecular formula is C36H29N3O. The molecule has 40 heavy (non-hydrogen) atoms. The number of nitriles is 1. The predicted octanol–water partition coefficient (Wildman–Crippen LogP) is 8.81. The van der Waals surface area contributed by atoms with E-state index in [2.05, 4.69) is 90.0 Å². The molecule has 0 radical (unpaired) electrons. The van der Waals surface area contributed by atoms with Crippen LogP contribution in [0.25, 0.3) is 27.2 Å². The molecule has 2 aliphatic carbocycles. The minimum atomic E-state index is 0.220. The van der Waals surface area contributed by atoms with E-state index in [0.717, 1.165) is 51.3 Å². The van der Waals surface area contributed by atoms with Gasteiger partial charge in [0.05, 0.1) is 11.1 Å². The van der Waals surface area contributed by atoms with Crippen LogP contribution >= 0.6 is 0 Å². The third-order valence-corrected chi connectivity index (χ3v) is 7.64. The molecule has 0 fully saturated rings. The van der Waals surface area contributed by atoms with Gasteiger partial charge in [-0.05, 0) is 71.5 Å². The van der Waals surface area contributed by atoms with Gasteiger partial charge >= 0.3 is 0 Å². The van der Waals surface area contributed by atoms with Crippen LogP contribution in [0.3, 0.4) is 0 Å². The van der Waals surface area contributed by atoms with Crippen molar-refractivity contribution in [3.63, 3.8) is 0 Å². The van der Waals surface area contributed by atoms with Crippen molar-refractivity contribution in [2.24, 2.45) is 0 Å². The van der Waals surface area contributed by atoms with Crippen molar-refractivity contribution < 1.29 is 4.79 Å². The molecule has 1 aromatic heterocycles. The molecule has 0 saturated carbocycles. The van der Waals surface area contributed by atoms with Crippen molar-refractivity contribution >= 4 is 38.7 Å². The molecule has 4 nitrogen and oxygen atoms in total. The van der Waals surface area contributed by atoms with Crippen molar-refractivity contribution in [1.29, 1.82) is 5.26 Å². The molecule has 1 atom stereocenters. The van der Waals surface area contributed by atoms with Gasteiger partial charge in [0.15, 0.2) is 5.78 Å². The number of para-hydroxylation sites is 1. The summed E-state index contributed by atoms with van der Waals surface area (Å²) in [7, 11) is 0. The average Bonchev–Trinajstić information content (AvgIpc) is 3.01. The summed E-state index contributed by atoms with van der Waals surface area (Å²) in [5.41, 5.74) is 8.43. The molecule has 2 aliphatic rings. The van der Waals surface area contributed by atoms with E-state index in [4.69, 9.17) is 5.26 Å². The van der Waals surface area contributed by atoms with Crippen LogP contribution in [0.5, 0.6) is 0 Å². The van der Waals surface area contributed by atoms with Crippen LogP contribution in [0.4, 0.5) is 5.69 Å². The SMILES string of the molecule is CC(Nc1ccc2c3c(ccc2c1)C1=C(CCC=C1)CC3=O)c1ccccc1.N#Cc1cnc2ccccc2c1. The number of ketones is 1. The molecule has 0 aliphatic heterocycles. The van der Waals surface area contributed by atoms with Gasteiger partial charge < -0.3 is 5.32 Å². The Hall–Kier alpha value is -5.01. The third kappa shape index (κ3) is 5.02. The molecule has 1 N–H and O–H groups in total. The number of hydrogen-bond acceptors (Lipinski definition) is 4. The van der Waals surface area contributed by atoms with Gasteiger partial charge in [-0.2, -0.15) is 5.26 Å². The van der Waals surface area contributed by atoms with E-state index in [1.54, 1.807) is 6.20 Å². The fraction of sp³-hybridized carbons (Fsp3) is 0.139.